The van der Waals surface area contributed by atoms with Crippen LogP contribution in [0.5, 0.6) is 11.6 Å². The summed E-state index contributed by atoms with van der Waals surface area (Å²) in [5.74, 6) is 2.01. The minimum atomic E-state index is 0.0335. The number of para-hydroxylation sites is 1. The molecule has 6 heteroatoms. The molecule has 6 nitrogen and oxygen atoms in total. The number of aromatic nitrogens is 2. The van der Waals surface area contributed by atoms with Crippen LogP contribution in [0.2, 0.25) is 0 Å². The van der Waals surface area contributed by atoms with Crippen molar-refractivity contribution in [1.82, 2.24) is 15.1 Å². The van der Waals surface area contributed by atoms with Gasteiger partial charge < -0.3 is 14.5 Å². The number of piperazine rings is 1. The monoisotopic (exact) mass is 386 g/mol. The van der Waals surface area contributed by atoms with Crippen molar-refractivity contribution in [3.63, 3.8) is 0 Å². The van der Waals surface area contributed by atoms with E-state index in [9.17, 15) is 4.79 Å². The van der Waals surface area contributed by atoms with Gasteiger partial charge in [-0.1, -0.05) is 48.5 Å². The third-order valence-electron chi connectivity index (χ3n) is 4.72. The van der Waals surface area contributed by atoms with E-state index in [1.165, 1.54) is 0 Å². The lowest BCUT2D eigenvalue weighted by Crippen LogP contribution is -2.48. The maximum absolute atomic E-state index is 12.4. The first kappa shape index (κ1) is 18.7. The number of anilines is 1. The quantitative estimate of drug-likeness (QED) is 0.627. The largest absolute Gasteiger partial charge is 0.438 e. The van der Waals surface area contributed by atoms with E-state index in [1.807, 2.05) is 83.8 Å². The van der Waals surface area contributed by atoms with Crippen LogP contribution in [0.15, 0.2) is 78.9 Å². The molecule has 1 amide bonds. The molecule has 2 heterocycles. The molecule has 0 saturated carbocycles. The fraction of sp³-hybridized carbons (Fsp3) is 0.174. The Labute approximate surface area is 170 Å². The van der Waals surface area contributed by atoms with Crippen LogP contribution in [0.4, 0.5) is 5.82 Å². The zero-order valence-corrected chi connectivity index (χ0v) is 16.0. The Morgan fingerprint density at radius 3 is 2.17 bits per heavy atom. The molecule has 146 valence electrons. The molecule has 29 heavy (non-hydrogen) atoms. The normalized spacial score (nSPS) is 14.2. The van der Waals surface area contributed by atoms with Gasteiger partial charge >= 0.3 is 0 Å². The number of amides is 1. The van der Waals surface area contributed by atoms with Gasteiger partial charge in [0.2, 0.25) is 11.8 Å². The van der Waals surface area contributed by atoms with E-state index in [-0.39, 0.29) is 5.91 Å². The Kier molecular flexibility index (Phi) is 5.81. The molecule has 4 rings (SSSR count). The smallest absolute Gasteiger partial charge is 0.246 e. The summed E-state index contributed by atoms with van der Waals surface area (Å²) in [5, 5.41) is 8.44. The van der Waals surface area contributed by atoms with Crippen molar-refractivity contribution in [2.24, 2.45) is 0 Å². The van der Waals surface area contributed by atoms with Gasteiger partial charge in [0.15, 0.2) is 5.82 Å². The Bertz CT molecular complexity index is 951. The van der Waals surface area contributed by atoms with Crippen LogP contribution in [-0.2, 0) is 4.79 Å². The first-order chi connectivity index (χ1) is 14.3. The topological polar surface area (TPSA) is 58.6 Å². The molecule has 1 fully saturated rings. The Hall–Kier alpha value is -3.67. The van der Waals surface area contributed by atoms with Crippen LogP contribution in [0.3, 0.4) is 0 Å². The minimum Gasteiger partial charge on any atom is -0.438 e. The number of hydrogen-bond acceptors (Lipinski definition) is 5. The first-order valence-electron chi connectivity index (χ1n) is 9.61. The molecule has 1 saturated heterocycles. The molecule has 3 aromatic rings. The van der Waals surface area contributed by atoms with Crippen LogP contribution in [-0.4, -0.2) is 47.2 Å². The molecule has 0 unspecified atom stereocenters. The molecule has 0 atom stereocenters. The molecule has 1 aliphatic rings. The highest BCUT2D eigenvalue weighted by atomic mass is 16.5. The molecule has 0 bridgehead atoms. The molecule has 0 aliphatic carbocycles. The average Bonchev–Trinajstić information content (AvgIpc) is 2.79. The predicted octanol–water partition coefficient (Wildman–Crippen LogP) is 3.63. The Morgan fingerprint density at radius 2 is 1.52 bits per heavy atom. The summed E-state index contributed by atoms with van der Waals surface area (Å²) in [5.41, 5.74) is 1.02. The lowest BCUT2D eigenvalue weighted by atomic mass is 10.2. The molecular weight excluding hydrogens is 364 g/mol. The van der Waals surface area contributed by atoms with E-state index in [0.717, 1.165) is 30.2 Å². The van der Waals surface area contributed by atoms with Crippen LogP contribution in [0, 0.1) is 0 Å². The number of carbonyl (C=O) groups is 1. The average molecular weight is 386 g/mol. The maximum Gasteiger partial charge on any atom is 0.246 e. The second-order valence-electron chi connectivity index (χ2n) is 6.70. The summed E-state index contributed by atoms with van der Waals surface area (Å²) in [6.45, 7) is 2.75. The van der Waals surface area contributed by atoms with Crippen molar-refractivity contribution in [3.8, 4) is 11.6 Å². The van der Waals surface area contributed by atoms with Crippen molar-refractivity contribution >= 4 is 17.8 Å². The highest BCUT2D eigenvalue weighted by Crippen LogP contribution is 2.20. The van der Waals surface area contributed by atoms with Crippen LogP contribution >= 0.6 is 0 Å². The van der Waals surface area contributed by atoms with Gasteiger partial charge in [0.1, 0.15) is 5.75 Å². The minimum absolute atomic E-state index is 0.0335. The molecule has 1 aromatic heterocycles. The van der Waals surface area contributed by atoms with E-state index in [0.29, 0.717) is 19.0 Å². The first-order valence-corrected chi connectivity index (χ1v) is 9.61. The van der Waals surface area contributed by atoms with Crippen molar-refractivity contribution in [2.75, 3.05) is 31.1 Å². The van der Waals surface area contributed by atoms with E-state index >= 15 is 0 Å². The van der Waals surface area contributed by atoms with Gasteiger partial charge in [0, 0.05) is 38.3 Å². The Balaban J connectivity index is 1.30. The molecule has 0 spiro atoms. The summed E-state index contributed by atoms with van der Waals surface area (Å²) in [6, 6.07) is 23.0. The van der Waals surface area contributed by atoms with Gasteiger partial charge in [0.25, 0.3) is 0 Å². The number of benzene rings is 2. The summed E-state index contributed by atoms with van der Waals surface area (Å²) in [4.78, 5) is 16.4. The zero-order valence-electron chi connectivity index (χ0n) is 16.0. The van der Waals surface area contributed by atoms with Crippen LogP contribution in [0.1, 0.15) is 5.56 Å². The standard InChI is InChI=1S/C23H22N4O2/c28-23(14-11-19-7-3-1-4-8-19)27-17-15-26(16-18-27)21-12-13-22(25-24-21)29-20-9-5-2-6-10-20/h1-14H,15-18H2/b14-11+. The highest BCUT2D eigenvalue weighted by molar-refractivity contribution is 5.91. The number of ether oxygens (including phenoxy) is 1. The second kappa shape index (κ2) is 9.01. The van der Waals surface area contributed by atoms with Gasteiger partial charge in [-0.3, -0.25) is 4.79 Å². The number of rotatable bonds is 5. The summed E-state index contributed by atoms with van der Waals surface area (Å²) >= 11 is 0. The molecule has 0 N–H and O–H groups in total. The molecule has 0 radical (unpaired) electrons. The lowest BCUT2D eigenvalue weighted by Gasteiger charge is -2.34. The van der Waals surface area contributed by atoms with E-state index in [4.69, 9.17) is 4.74 Å². The number of hydrogen-bond donors (Lipinski definition) is 0. The summed E-state index contributed by atoms with van der Waals surface area (Å²) in [6.07, 6.45) is 3.49. The van der Waals surface area contributed by atoms with Gasteiger partial charge in [-0.25, -0.2) is 0 Å². The van der Waals surface area contributed by atoms with Crippen molar-refractivity contribution in [2.45, 2.75) is 0 Å². The fourth-order valence-electron chi connectivity index (χ4n) is 3.14. The summed E-state index contributed by atoms with van der Waals surface area (Å²) < 4.78 is 5.68. The summed E-state index contributed by atoms with van der Waals surface area (Å²) in [7, 11) is 0. The van der Waals surface area contributed by atoms with Crippen molar-refractivity contribution < 1.29 is 9.53 Å². The number of nitrogens with zero attached hydrogens (tertiary/aromatic N) is 4. The fourth-order valence-corrected chi connectivity index (χ4v) is 3.14. The van der Waals surface area contributed by atoms with Gasteiger partial charge in [-0.15, -0.1) is 10.2 Å². The Morgan fingerprint density at radius 1 is 0.828 bits per heavy atom. The second-order valence-corrected chi connectivity index (χ2v) is 6.70. The maximum atomic E-state index is 12.4. The van der Waals surface area contributed by atoms with Gasteiger partial charge in [0.05, 0.1) is 0 Å². The predicted molar refractivity (Wildman–Crippen MR) is 113 cm³/mol. The lowest BCUT2D eigenvalue weighted by molar-refractivity contribution is -0.126. The van der Waals surface area contributed by atoms with Crippen molar-refractivity contribution in [3.05, 3.63) is 84.4 Å². The van der Waals surface area contributed by atoms with E-state index in [1.54, 1.807) is 6.08 Å². The van der Waals surface area contributed by atoms with Crippen LogP contribution in [0.25, 0.3) is 6.08 Å². The third-order valence-corrected chi connectivity index (χ3v) is 4.72. The van der Waals surface area contributed by atoms with Gasteiger partial charge in [-0.05, 0) is 29.8 Å². The van der Waals surface area contributed by atoms with E-state index in [2.05, 4.69) is 15.1 Å². The molecule has 1 aliphatic heterocycles. The van der Waals surface area contributed by atoms with E-state index < -0.39 is 0 Å². The van der Waals surface area contributed by atoms with Crippen LogP contribution < -0.4 is 9.64 Å². The van der Waals surface area contributed by atoms with Crippen molar-refractivity contribution in [1.29, 1.82) is 0 Å². The highest BCUT2D eigenvalue weighted by Gasteiger charge is 2.20. The number of carbonyl (C=O) groups excluding carboxylic acids is 1. The van der Waals surface area contributed by atoms with Gasteiger partial charge in [-0.2, -0.15) is 0 Å². The SMILES string of the molecule is O=C(/C=C/c1ccccc1)N1CCN(c2ccc(Oc3ccccc3)nn2)CC1. The zero-order chi connectivity index (χ0) is 19.9. The molecular formula is C23H22N4O2. The molecule has 2 aromatic carbocycles. The third kappa shape index (κ3) is 4.99.